The van der Waals surface area contributed by atoms with Crippen LogP contribution in [0, 0.1) is 0 Å². The van der Waals surface area contributed by atoms with Crippen LogP contribution in [0.4, 0.5) is 11.4 Å². The lowest BCUT2D eigenvalue weighted by molar-refractivity contribution is -0.119. The summed E-state index contributed by atoms with van der Waals surface area (Å²) in [4.78, 5) is 35.5. The molecule has 2 aromatic rings. The van der Waals surface area contributed by atoms with Crippen molar-refractivity contribution in [2.45, 2.75) is 32.6 Å². The molecule has 5 heteroatoms. The number of nitrogens with one attached hydrogen (secondary N) is 2. The number of carbonyl (C=O) groups excluding carboxylic acids is 3. The molecule has 25 heavy (non-hydrogen) atoms. The molecule has 3 rings (SSSR count). The number of carbonyl (C=O) groups is 3. The van der Waals surface area contributed by atoms with Gasteiger partial charge < -0.3 is 10.6 Å². The third-order valence-corrected chi connectivity index (χ3v) is 4.51. The van der Waals surface area contributed by atoms with Crippen molar-refractivity contribution in [3.63, 3.8) is 0 Å². The molecule has 0 bridgehead atoms. The Bertz CT molecular complexity index is 867. The first-order valence-corrected chi connectivity index (χ1v) is 8.13. The van der Waals surface area contributed by atoms with Crippen LogP contribution in [0.3, 0.4) is 0 Å². The van der Waals surface area contributed by atoms with Gasteiger partial charge in [0.15, 0.2) is 5.78 Å². The normalized spacial score (nSPS) is 14.6. The van der Waals surface area contributed by atoms with Crippen LogP contribution in [0.1, 0.15) is 42.3 Å². The summed E-state index contributed by atoms with van der Waals surface area (Å²) in [6.45, 7) is 5.24. The van der Waals surface area contributed by atoms with Crippen LogP contribution in [0.2, 0.25) is 0 Å². The Kier molecular flexibility index (Phi) is 4.17. The van der Waals surface area contributed by atoms with Gasteiger partial charge in [-0.25, -0.2) is 0 Å². The van der Waals surface area contributed by atoms with E-state index in [0.29, 0.717) is 11.3 Å². The number of amides is 2. The maximum atomic E-state index is 12.3. The Balaban J connectivity index is 1.71. The Labute approximate surface area is 146 Å². The van der Waals surface area contributed by atoms with Crippen molar-refractivity contribution in [2.75, 3.05) is 10.6 Å². The van der Waals surface area contributed by atoms with Crippen molar-refractivity contribution in [3.8, 4) is 0 Å². The molecule has 0 aliphatic carbocycles. The van der Waals surface area contributed by atoms with E-state index in [1.165, 1.54) is 6.92 Å². The molecule has 0 unspecified atom stereocenters. The van der Waals surface area contributed by atoms with E-state index in [9.17, 15) is 14.4 Å². The predicted molar refractivity (Wildman–Crippen MR) is 96.9 cm³/mol. The van der Waals surface area contributed by atoms with Crippen LogP contribution >= 0.6 is 0 Å². The lowest BCUT2D eigenvalue weighted by atomic mass is 9.85. The van der Waals surface area contributed by atoms with E-state index in [0.717, 1.165) is 16.8 Å². The molecule has 0 atom stereocenters. The Morgan fingerprint density at radius 1 is 1.08 bits per heavy atom. The maximum Gasteiger partial charge on any atom is 0.234 e. The number of hydrogen-bond acceptors (Lipinski definition) is 3. The van der Waals surface area contributed by atoms with E-state index in [-0.39, 0.29) is 24.0 Å². The minimum absolute atomic E-state index is 0.0122. The minimum atomic E-state index is -0.593. The first kappa shape index (κ1) is 16.9. The predicted octanol–water partition coefficient (Wildman–Crippen LogP) is 3.30. The van der Waals surface area contributed by atoms with Crippen LogP contribution in [0.25, 0.3) is 0 Å². The zero-order valence-corrected chi connectivity index (χ0v) is 14.5. The van der Waals surface area contributed by atoms with Gasteiger partial charge in [0.05, 0.1) is 11.8 Å². The standard InChI is InChI=1S/C20H20N2O3/c1-12(23)14-5-7-15(8-6-14)21-18(24)11-13-4-9-17-16(10-13)20(2,3)19(25)22-17/h4-10H,11H2,1-3H3,(H,21,24)(H,22,25). The third-order valence-electron chi connectivity index (χ3n) is 4.51. The van der Waals surface area contributed by atoms with Crippen molar-refractivity contribution in [1.82, 2.24) is 0 Å². The smallest absolute Gasteiger partial charge is 0.234 e. The number of benzene rings is 2. The summed E-state index contributed by atoms with van der Waals surface area (Å²) < 4.78 is 0. The highest BCUT2D eigenvalue weighted by Gasteiger charge is 2.38. The number of rotatable bonds is 4. The van der Waals surface area contributed by atoms with Crippen LogP contribution in [0.15, 0.2) is 42.5 Å². The van der Waals surface area contributed by atoms with Gasteiger partial charge in [-0.1, -0.05) is 12.1 Å². The van der Waals surface area contributed by atoms with Crippen molar-refractivity contribution >= 4 is 29.0 Å². The highest BCUT2D eigenvalue weighted by molar-refractivity contribution is 6.05. The highest BCUT2D eigenvalue weighted by atomic mass is 16.2. The van der Waals surface area contributed by atoms with Gasteiger partial charge in [0, 0.05) is 16.9 Å². The summed E-state index contributed by atoms with van der Waals surface area (Å²) in [5.41, 5.74) is 3.22. The molecule has 1 aliphatic rings. The molecule has 0 aromatic heterocycles. The maximum absolute atomic E-state index is 12.3. The molecule has 0 saturated heterocycles. The molecule has 1 aliphatic heterocycles. The molecular formula is C20H20N2O3. The van der Waals surface area contributed by atoms with E-state index in [2.05, 4.69) is 10.6 Å². The third kappa shape index (κ3) is 3.31. The van der Waals surface area contributed by atoms with E-state index >= 15 is 0 Å². The quantitative estimate of drug-likeness (QED) is 0.841. The zero-order valence-electron chi connectivity index (χ0n) is 14.5. The first-order valence-electron chi connectivity index (χ1n) is 8.13. The van der Waals surface area contributed by atoms with Crippen molar-refractivity contribution in [1.29, 1.82) is 0 Å². The molecule has 2 N–H and O–H groups in total. The second-order valence-corrected chi connectivity index (χ2v) is 6.82. The van der Waals surface area contributed by atoms with Gasteiger partial charge in [-0.2, -0.15) is 0 Å². The van der Waals surface area contributed by atoms with Gasteiger partial charge in [0.2, 0.25) is 11.8 Å². The topological polar surface area (TPSA) is 75.3 Å². The molecule has 0 saturated carbocycles. The summed E-state index contributed by atoms with van der Waals surface area (Å²) >= 11 is 0. The largest absolute Gasteiger partial charge is 0.326 e. The summed E-state index contributed by atoms with van der Waals surface area (Å²) in [5, 5.41) is 5.68. The van der Waals surface area contributed by atoms with Crippen LogP contribution < -0.4 is 10.6 Å². The van der Waals surface area contributed by atoms with Gasteiger partial charge in [-0.15, -0.1) is 0 Å². The number of hydrogen-bond donors (Lipinski definition) is 2. The van der Waals surface area contributed by atoms with Gasteiger partial charge >= 0.3 is 0 Å². The van der Waals surface area contributed by atoms with Crippen LogP contribution in [-0.4, -0.2) is 17.6 Å². The highest BCUT2D eigenvalue weighted by Crippen LogP contribution is 2.37. The molecule has 2 aromatic carbocycles. The lowest BCUT2D eigenvalue weighted by Crippen LogP contribution is -2.27. The average Bonchev–Trinajstić information content (AvgIpc) is 2.78. The Hall–Kier alpha value is -2.95. The fourth-order valence-electron chi connectivity index (χ4n) is 2.91. The molecule has 5 nitrogen and oxygen atoms in total. The van der Waals surface area contributed by atoms with Gasteiger partial charge in [0.25, 0.3) is 0 Å². The number of Topliss-reactive ketones (excluding diaryl/α,β-unsaturated/α-hetero) is 1. The molecule has 0 fully saturated rings. The van der Waals surface area contributed by atoms with E-state index in [1.54, 1.807) is 24.3 Å². The summed E-state index contributed by atoms with van der Waals surface area (Å²) in [5.74, 6) is -0.193. The molecule has 0 radical (unpaired) electrons. The second kappa shape index (κ2) is 6.16. The number of fused-ring (bicyclic) bond motifs is 1. The van der Waals surface area contributed by atoms with Crippen LogP contribution in [0.5, 0.6) is 0 Å². The molecule has 128 valence electrons. The van der Waals surface area contributed by atoms with Crippen molar-refractivity contribution in [2.24, 2.45) is 0 Å². The molecular weight excluding hydrogens is 316 g/mol. The summed E-state index contributed by atoms with van der Waals surface area (Å²) in [6.07, 6.45) is 0.214. The van der Waals surface area contributed by atoms with Crippen molar-refractivity contribution < 1.29 is 14.4 Å². The minimum Gasteiger partial charge on any atom is -0.326 e. The van der Waals surface area contributed by atoms with Gasteiger partial charge in [-0.05, 0) is 62.2 Å². The van der Waals surface area contributed by atoms with E-state index in [4.69, 9.17) is 0 Å². The van der Waals surface area contributed by atoms with E-state index in [1.807, 2.05) is 32.0 Å². The van der Waals surface area contributed by atoms with Gasteiger partial charge in [0.1, 0.15) is 0 Å². The number of anilines is 2. The number of ketones is 1. The van der Waals surface area contributed by atoms with Crippen LogP contribution in [-0.2, 0) is 21.4 Å². The Morgan fingerprint density at radius 3 is 2.40 bits per heavy atom. The average molecular weight is 336 g/mol. The molecule has 2 amide bonds. The molecule has 1 heterocycles. The lowest BCUT2D eigenvalue weighted by Gasteiger charge is -2.15. The summed E-state index contributed by atoms with van der Waals surface area (Å²) in [6, 6.07) is 12.4. The van der Waals surface area contributed by atoms with E-state index < -0.39 is 5.41 Å². The Morgan fingerprint density at radius 2 is 1.76 bits per heavy atom. The second-order valence-electron chi connectivity index (χ2n) is 6.82. The first-order chi connectivity index (χ1) is 11.8. The zero-order chi connectivity index (χ0) is 18.2. The van der Waals surface area contributed by atoms with Crippen molar-refractivity contribution in [3.05, 3.63) is 59.2 Å². The monoisotopic (exact) mass is 336 g/mol. The fraction of sp³-hybridized carbons (Fsp3) is 0.250. The summed E-state index contributed by atoms with van der Waals surface area (Å²) in [7, 11) is 0. The fourth-order valence-corrected chi connectivity index (χ4v) is 2.91. The van der Waals surface area contributed by atoms with Gasteiger partial charge in [-0.3, -0.25) is 14.4 Å². The molecule has 0 spiro atoms. The SMILES string of the molecule is CC(=O)c1ccc(NC(=O)Cc2ccc3c(c2)C(C)(C)C(=O)N3)cc1.